The van der Waals surface area contributed by atoms with Crippen LogP contribution in [-0.4, -0.2) is 52.1 Å². The fourth-order valence-electron chi connectivity index (χ4n) is 3.32. The molecule has 6 nitrogen and oxygen atoms in total. The van der Waals surface area contributed by atoms with Gasteiger partial charge in [-0.3, -0.25) is 9.69 Å². The Kier molecular flexibility index (Phi) is 7.88. The Labute approximate surface area is 199 Å². The molecule has 1 aromatic carbocycles. The Morgan fingerprint density at radius 3 is 2.38 bits per heavy atom. The number of hydrogen-bond acceptors (Lipinski definition) is 6. The third-order valence-electron chi connectivity index (χ3n) is 5.00. The highest BCUT2D eigenvalue weighted by molar-refractivity contribution is 7.22. The first kappa shape index (κ1) is 26.0. The number of nitrogens with zero attached hydrogens (tertiary/aromatic N) is 2. The fourth-order valence-corrected chi connectivity index (χ4v) is 5.71. The number of nitrogens with one attached hydrogen (secondary N) is 1. The molecule has 0 saturated carbocycles. The molecule has 34 heavy (non-hydrogen) atoms. The van der Waals surface area contributed by atoms with E-state index in [0.29, 0.717) is 11.0 Å². The predicted molar refractivity (Wildman–Crippen MR) is 121 cm³/mol. The zero-order chi connectivity index (χ0) is 25.2. The van der Waals surface area contributed by atoms with E-state index in [1.165, 1.54) is 22.7 Å². The van der Waals surface area contributed by atoms with E-state index in [4.69, 9.17) is 14.9 Å². The van der Waals surface area contributed by atoms with E-state index in [-0.39, 0.29) is 0 Å². The number of hydrogen-bond donors (Lipinski definition) is 2. The number of alkyl halides is 5. The first-order valence-electron chi connectivity index (χ1n) is 10.0. The third kappa shape index (κ3) is 5.88. The van der Waals surface area contributed by atoms with Crippen LogP contribution in [0, 0.1) is 0 Å². The maximum absolute atomic E-state index is 12.8. The third-order valence-corrected chi connectivity index (χ3v) is 7.19. The quantitative estimate of drug-likeness (QED) is 0.435. The number of amides is 1. The van der Waals surface area contributed by atoms with E-state index in [0.717, 1.165) is 50.7 Å². The number of thiazole rings is 1. The van der Waals surface area contributed by atoms with Crippen LogP contribution in [0.4, 0.5) is 27.0 Å². The van der Waals surface area contributed by atoms with Crippen LogP contribution in [0.5, 0.6) is 0 Å². The second-order valence-corrected chi connectivity index (χ2v) is 9.74. The van der Waals surface area contributed by atoms with Crippen molar-refractivity contribution in [1.29, 1.82) is 0 Å². The van der Waals surface area contributed by atoms with Gasteiger partial charge in [0.25, 0.3) is 5.91 Å². The summed E-state index contributed by atoms with van der Waals surface area (Å²) in [6.07, 6.45) is -7.31. The number of aromatic nitrogens is 1. The Morgan fingerprint density at radius 1 is 1.18 bits per heavy atom. The number of carbonyl (C=O) groups excluding carboxylic acids is 1. The molecule has 1 aliphatic rings. The number of anilines is 1. The van der Waals surface area contributed by atoms with Gasteiger partial charge in [-0.25, -0.2) is 9.78 Å². The van der Waals surface area contributed by atoms with Crippen LogP contribution in [0.15, 0.2) is 24.3 Å². The minimum Gasteiger partial charge on any atom is -0.475 e. The molecule has 0 bridgehead atoms. The molecule has 0 unspecified atom stereocenters. The standard InChI is InChI=1S/C19H19F2N3OS2.C2HF3O2/c1-10(2)24-8-7-11-14(9-24)27-19(23-17(25)16(20)21)15(11)18-22-12-5-3-4-6-13(12)26-18;3-2(4,5)1(6)7/h3-6,10,16H,7-9H2,1-2H3,(H,23,25);(H,6,7). The number of aliphatic carboxylic acids is 1. The minimum atomic E-state index is -5.08. The molecule has 0 fully saturated rings. The van der Waals surface area contributed by atoms with Gasteiger partial charge in [-0.05, 0) is 38.0 Å². The summed E-state index contributed by atoms with van der Waals surface area (Å²) in [4.78, 5) is 28.7. The van der Waals surface area contributed by atoms with E-state index in [1.54, 1.807) is 0 Å². The molecule has 0 saturated heterocycles. The van der Waals surface area contributed by atoms with E-state index < -0.39 is 24.5 Å². The van der Waals surface area contributed by atoms with Gasteiger partial charge in [-0.1, -0.05) is 12.1 Å². The van der Waals surface area contributed by atoms with Crippen molar-refractivity contribution in [3.05, 3.63) is 34.7 Å². The lowest BCUT2D eigenvalue weighted by Crippen LogP contribution is -2.35. The molecule has 13 heteroatoms. The lowest BCUT2D eigenvalue weighted by Gasteiger charge is -2.30. The first-order chi connectivity index (χ1) is 15.9. The molecule has 2 N–H and O–H groups in total. The topological polar surface area (TPSA) is 82.5 Å². The molecule has 3 aromatic rings. The molecular formula is C21H20F5N3O3S2. The number of benzene rings is 1. The number of thiophene rings is 1. The van der Waals surface area contributed by atoms with E-state index in [1.807, 2.05) is 24.3 Å². The van der Waals surface area contributed by atoms with Crippen molar-refractivity contribution in [2.24, 2.45) is 0 Å². The van der Waals surface area contributed by atoms with Gasteiger partial charge in [-0.2, -0.15) is 22.0 Å². The molecule has 3 heterocycles. The molecular weight excluding hydrogens is 501 g/mol. The van der Waals surface area contributed by atoms with Gasteiger partial charge in [0.2, 0.25) is 0 Å². The van der Waals surface area contributed by atoms with Crippen molar-refractivity contribution in [1.82, 2.24) is 9.88 Å². The summed E-state index contributed by atoms with van der Waals surface area (Å²) >= 11 is 2.92. The molecule has 0 radical (unpaired) electrons. The van der Waals surface area contributed by atoms with Crippen LogP contribution in [0.3, 0.4) is 0 Å². The van der Waals surface area contributed by atoms with E-state index in [2.05, 4.69) is 24.1 Å². The summed E-state index contributed by atoms with van der Waals surface area (Å²) in [6.45, 7) is 5.96. The van der Waals surface area contributed by atoms with E-state index >= 15 is 0 Å². The minimum absolute atomic E-state index is 0.408. The molecule has 184 valence electrons. The van der Waals surface area contributed by atoms with E-state index in [9.17, 15) is 26.7 Å². The number of carbonyl (C=O) groups is 2. The van der Waals surface area contributed by atoms with Crippen LogP contribution in [-0.2, 0) is 22.6 Å². The number of para-hydroxylation sites is 1. The summed E-state index contributed by atoms with van der Waals surface area (Å²) in [5.41, 5.74) is 2.82. The Balaban J connectivity index is 0.000000406. The zero-order valence-corrected chi connectivity index (χ0v) is 19.6. The number of halogens is 5. The lowest BCUT2D eigenvalue weighted by molar-refractivity contribution is -0.192. The summed E-state index contributed by atoms with van der Waals surface area (Å²) in [5, 5.41) is 10.8. The highest BCUT2D eigenvalue weighted by Crippen LogP contribution is 2.46. The lowest BCUT2D eigenvalue weighted by atomic mass is 10.0. The molecule has 0 atom stereocenters. The average molecular weight is 522 g/mol. The second kappa shape index (κ2) is 10.3. The highest BCUT2D eigenvalue weighted by Gasteiger charge is 2.38. The van der Waals surface area contributed by atoms with Crippen molar-refractivity contribution in [2.75, 3.05) is 11.9 Å². The maximum atomic E-state index is 12.8. The molecule has 0 aliphatic carbocycles. The maximum Gasteiger partial charge on any atom is 0.490 e. The predicted octanol–water partition coefficient (Wildman–Crippen LogP) is 5.63. The summed E-state index contributed by atoms with van der Waals surface area (Å²) in [7, 11) is 0. The normalized spacial score (nSPS) is 14.1. The number of carboxylic acids is 1. The number of rotatable bonds is 4. The first-order valence-corrected chi connectivity index (χ1v) is 11.7. The molecule has 1 amide bonds. The van der Waals surface area contributed by atoms with Crippen LogP contribution in [0.2, 0.25) is 0 Å². The van der Waals surface area contributed by atoms with Gasteiger partial charge < -0.3 is 10.4 Å². The smallest absolute Gasteiger partial charge is 0.475 e. The van der Waals surface area contributed by atoms with Gasteiger partial charge in [0.15, 0.2) is 0 Å². The van der Waals surface area contributed by atoms with Crippen molar-refractivity contribution in [3.63, 3.8) is 0 Å². The average Bonchev–Trinajstić information content (AvgIpc) is 3.33. The van der Waals surface area contributed by atoms with Crippen molar-refractivity contribution < 1.29 is 36.6 Å². The van der Waals surface area contributed by atoms with Crippen LogP contribution in [0.1, 0.15) is 24.3 Å². The van der Waals surface area contributed by atoms with Crippen LogP contribution < -0.4 is 5.32 Å². The summed E-state index contributed by atoms with van der Waals surface area (Å²) in [6, 6.07) is 8.21. The molecule has 1 aliphatic heterocycles. The van der Waals surface area contributed by atoms with Gasteiger partial charge in [0, 0.05) is 29.6 Å². The Morgan fingerprint density at radius 2 is 1.82 bits per heavy atom. The zero-order valence-electron chi connectivity index (χ0n) is 17.9. The highest BCUT2D eigenvalue weighted by atomic mass is 32.1. The second-order valence-electron chi connectivity index (χ2n) is 7.60. The number of fused-ring (bicyclic) bond motifs is 2. The van der Waals surface area contributed by atoms with Crippen molar-refractivity contribution >= 4 is 49.8 Å². The summed E-state index contributed by atoms with van der Waals surface area (Å²) < 4.78 is 58.5. The van der Waals surface area contributed by atoms with Gasteiger partial charge in [0.05, 0.1) is 10.2 Å². The van der Waals surface area contributed by atoms with Gasteiger partial charge >= 0.3 is 18.6 Å². The molecule has 0 spiro atoms. The molecule has 4 rings (SSSR count). The van der Waals surface area contributed by atoms with Gasteiger partial charge in [-0.15, -0.1) is 22.7 Å². The van der Waals surface area contributed by atoms with Crippen molar-refractivity contribution in [3.8, 4) is 10.6 Å². The number of carboxylic acid groups (broad SMARTS) is 1. The van der Waals surface area contributed by atoms with Gasteiger partial charge in [0.1, 0.15) is 10.0 Å². The Hall–Kier alpha value is -2.64. The fraction of sp³-hybridized carbons (Fsp3) is 0.381. The van der Waals surface area contributed by atoms with Crippen LogP contribution >= 0.6 is 22.7 Å². The molecule has 2 aromatic heterocycles. The van der Waals surface area contributed by atoms with Crippen molar-refractivity contribution in [2.45, 2.75) is 45.5 Å². The monoisotopic (exact) mass is 521 g/mol. The van der Waals surface area contributed by atoms with Crippen LogP contribution in [0.25, 0.3) is 20.8 Å². The largest absolute Gasteiger partial charge is 0.490 e. The Bertz CT molecular complexity index is 1160. The SMILES string of the molecule is CC(C)N1CCc2c(sc(NC(=O)C(F)F)c2-c2nc3ccccc3s2)C1.O=C(O)C(F)(F)F. The summed E-state index contributed by atoms with van der Waals surface area (Å²) in [5.74, 6) is -4.02.